The molecule has 0 aromatic rings. The molecule has 0 N–H and O–H groups in total. The van der Waals surface area contributed by atoms with Gasteiger partial charge in [-0.3, -0.25) is 0 Å². The van der Waals surface area contributed by atoms with Crippen molar-refractivity contribution in [2.75, 3.05) is 0 Å². The molecule has 0 heterocycles. The van der Waals surface area contributed by atoms with Crippen LogP contribution in [0.2, 0.25) is 0 Å². The minimum absolute atomic E-state index is 1.51. The third-order valence-corrected chi connectivity index (χ3v) is 18.7. The van der Waals surface area contributed by atoms with E-state index in [0.29, 0.717) is 0 Å². The summed E-state index contributed by atoms with van der Waals surface area (Å²) in [7, 11) is 7.71. The van der Waals surface area contributed by atoms with Crippen molar-refractivity contribution in [1.82, 2.24) is 0 Å². The summed E-state index contributed by atoms with van der Waals surface area (Å²) in [6, 6.07) is 0. The van der Waals surface area contributed by atoms with Crippen molar-refractivity contribution >= 4 is 78.4 Å². The number of hydrogen-bond acceptors (Lipinski definition) is 0. The van der Waals surface area contributed by atoms with Gasteiger partial charge in [-0.1, -0.05) is 0 Å². The average Bonchev–Trinajstić information content (AvgIpc) is 1.25. The van der Waals surface area contributed by atoms with E-state index in [0.717, 1.165) is 0 Å². The van der Waals surface area contributed by atoms with Crippen molar-refractivity contribution in [1.29, 1.82) is 0 Å². The van der Waals surface area contributed by atoms with E-state index in [1.165, 1.54) is 0 Å². The molecule has 7 heteroatoms. The van der Waals surface area contributed by atoms with Crippen LogP contribution in [0.3, 0.4) is 0 Å². The van der Waals surface area contributed by atoms with Crippen molar-refractivity contribution < 1.29 is 0 Å². The summed E-state index contributed by atoms with van der Waals surface area (Å²) < 4.78 is -1.51. The van der Waals surface area contributed by atoms with Crippen LogP contribution in [0.15, 0.2) is 0 Å². The van der Waals surface area contributed by atoms with Crippen LogP contribution in [0.4, 0.5) is 0 Å². The first kappa shape index (κ1) is 10.5. The molecular formula is CBrCl5Ge. The Morgan fingerprint density at radius 3 is 1.25 bits per heavy atom. The van der Waals surface area contributed by atoms with Crippen molar-refractivity contribution in [3.05, 3.63) is 0 Å². The molecule has 0 atom stereocenters. The maximum absolute atomic E-state index is 5.48. The van der Waals surface area contributed by atoms with Crippen LogP contribution >= 0.6 is 68.8 Å². The second kappa shape index (κ2) is 3.25. The summed E-state index contributed by atoms with van der Waals surface area (Å²) in [5, 5.41) is 0. The first-order chi connectivity index (χ1) is 3.25. The first-order valence-electron chi connectivity index (χ1n) is 1.38. The van der Waals surface area contributed by atoms with Crippen molar-refractivity contribution in [2.24, 2.45) is 0 Å². The molecule has 0 aliphatic heterocycles. The topological polar surface area (TPSA) is 0 Å². The summed E-state index contributed by atoms with van der Waals surface area (Å²) in [4.78, 5) is 0. The molecule has 0 aromatic heterocycles. The molecule has 0 saturated carbocycles. The molecule has 0 saturated heterocycles. The summed E-state index contributed by atoms with van der Waals surface area (Å²) in [6.45, 7) is 0. The van der Waals surface area contributed by atoms with Crippen LogP contribution in [0.5, 0.6) is 0 Å². The fourth-order valence-corrected chi connectivity index (χ4v) is 0. The maximum atomic E-state index is 5.48. The third-order valence-electron chi connectivity index (χ3n) is 0.321. The zero-order valence-electron chi connectivity index (χ0n) is 3.27. The van der Waals surface area contributed by atoms with E-state index in [-0.39, 0.29) is 0 Å². The summed E-state index contributed by atoms with van der Waals surface area (Å²) >= 11 is 18.9. The number of hydrogen-bond donors (Lipinski definition) is 0. The number of rotatable bonds is 0. The Morgan fingerprint density at radius 2 is 1.25 bits per heavy atom. The van der Waals surface area contributed by atoms with Crippen LogP contribution in [0.25, 0.3) is 0 Å². The molecule has 0 fully saturated rings. The molecular weight excluding hydrogens is 342 g/mol. The van der Waals surface area contributed by atoms with E-state index in [9.17, 15) is 0 Å². The average molecular weight is 342 g/mol. The Hall–Kier alpha value is 2.47. The van der Waals surface area contributed by atoms with Gasteiger partial charge >= 0.3 is 81.0 Å². The Balaban J connectivity index is 4.02. The van der Waals surface area contributed by atoms with Gasteiger partial charge in [-0.05, 0) is 0 Å². The third kappa shape index (κ3) is 3.59. The van der Waals surface area contributed by atoms with Crippen LogP contribution in [0, 0.1) is 0 Å². The SMILES string of the molecule is Cl[C](Cl)(Cl)[Ge]([Cl])([Cl])[Br]. The normalized spacial score (nSPS) is 14.2. The van der Waals surface area contributed by atoms with E-state index < -0.39 is 12.2 Å². The van der Waals surface area contributed by atoms with Gasteiger partial charge in [0.1, 0.15) is 0 Å². The molecule has 0 aliphatic rings. The Morgan fingerprint density at radius 1 is 1.12 bits per heavy atom. The van der Waals surface area contributed by atoms with Gasteiger partial charge in [0.25, 0.3) is 0 Å². The molecule has 0 radical (unpaired) electrons. The quantitative estimate of drug-likeness (QED) is 0.465. The number of halogens is 6. The fraction of sp³-hybridized carbons (Fsp3) is 1.00. The van der Waals surface area contributed by atoms with E-state index in [4.69, 9.17) is 54.8 Å². The zero-order valence-corrected chi connectivity index (χ0v) is 10.7. The second-order valence-corrected chi connectivity index (χ2v) is 26.8. The summed E-state index contributed by atoms with van der Waals surface area (Å²) in [5.41, 5.74) is 0. The molecule has 0 bridgehead atoms. The number of alkyl halides is 3. The molecule has 0 spiro atoms. The predicted octanol–water partition coefficient (Wildman–Crippen LogP) is 3.71. The van der Waals surface area contributed by atoms with Crippen molar-refractivity contribution in [3.63, 3.8) is 0 Å². The summed E-state index contributed by atoms with van der Waals surface area (Å²) in [5.74, 6) is 0. The van der Waals surface area contributed by atoms with Crippen LogP contribution in [-0.2, 0) is 0 Å². The van der Waals surface area contributed by atoms with Crippen LogP contribution in [-0.4, -0.2) is 12.2 Å². The Kier molecular flexibility index (Phi) is 4.25. The van der Waals surface area contributed by atoms with Gasteiger partial charge in [0.2, 0.25) is 0 Å². The van der Waals surface area contributed by atoms with Gasteiger partial charge in [-0.25, -0.2) is 0 Å². The Bertz CT molecular complexity index is 67.4. The molecule has 0 aliphatic carbocycles. The van der Waals surface area contributed by atoms with Crippen LogP contribution in [0.1, 0.15) is 0 Å². The van der Waals surface area contributed by atoms with Gasteiger partial charge in [0.15, 0.2) is 0 Å². The first-order valence-corrected chi connectivity index (χ1v) is 14.0. The van der Waals surface area contributed by atoms with Gasteiger partial charge in [0.05, 0.1) is 0 Å². The molecule has 8 heavy (non-hydrogen) atoms. The molecule has 0 nitrogen and oxygen atoms in total. The molecule has 0 amide bonds. The van der Waals surface area contributed by atoms with Gasteiger partial charge in [-0.15, -0.1) is 0 Å². The van der Waals surface area contributed by atoms with Crippen molar-refractivity contribution in [3.8, 4) is 0 Å². The van der Waals surface area contributed by atoms with E-state index in [1.54, 1.807) is 0 Å². The fourth-order valence-electron chi connectivity index (χ4n) is 0. The van der Waals surface area contributed by atoms with Crippen LogP contribution < -0.4 is 0 Å². The molecule has 0 aromatic carbocycles. The second-order valence-electron chi connectivity index (χ2n) is 0.996. The molecule has 0 unspecified atom stereocenters. The van der Waals surface area contributed by atoms with Gasteiger partial charge in [-0.2, -0.15) is 0 Å². The molecule has 0 rings (SSSR count). The zero-order chi connectivity index (χ0) is 7.00. The monoisotopic (exact) mass is 340 g/mol. The predicted molar refractivity (Wildman–Crippen MR) is 46.7 cm³/mol. The van der Waals surface area contributed by atoms with E-state index in [1.807, 2.05) is 0 Å². The summed E-state index contributed by atoms with van der Waals surface area (Å²) in [6.07, 6.45) is 0. The van der Waals surface area contributed by atoms with E-state index in [2.05, 4.69) is 14.0 Å². The standard InChI is InChI=1S/CBrCl5Ge/c2-8(6,7)1(3,4)5. The molecule has 50 valence electrons. The minimum atomic E-state index is -3.26. The Labute approximate surface area is 80.1 Å². The van der Waals surface area contributed by atoms with E-state index >= 15 is 0 Å². The van der Waals surface area contributed by atoms with Gasteiger partial charge < -0.3 is 0 Å². The van der Waals surface area contributed by atoms with Gasteiger partial charge in [0, 0.05) is 0 Å². The van der Waals surface area contributed by atoms with Crippen molar-refractivity contribution in [2.45, 2.75) is 2.63 Å².